The molecule has 0 radical (unpaired) electrons. The van der Waals surface area contributed by atoms with Crippen molar-refractivity contribution < 1.29 is 21.6 Å². The van der Waals surface area contributed by atoms with Gasteiger partial charge in [-0.1, -0.05) is 6.07 Å². The maximum absolute atomic E-state index is 12.2. The van der Waals surface area contributed by atoms with Gasteiger partial charge >= 0.3 is 15.5 Å². The van der Waals surface area contributed by atoms with Gasteiger partial charge in [0.25, 0.3) is 0 Å². The molecule has 1 aromatic rings. The highest BCUT2D eigenvalue weighted by Gasteiger charge is 2.46. The van der Waals surface area contributed by atoms with E-state index in [2.05, 4.69) is 0 Å². The van der Waals surface area contributed by atoms with Crippen LogP contribution in [0.15, 0.2) is 24.3 Å². The molecular formula is C11H15F3N2O2S. The third kappa shape index (κ3) is 3.76. The van der Waals surface area contributed by atoms with Gasteiger partial charge in [0.1, 0.15) is 0 Å². The van der Waals surface area contributed by atoms with Gasteiger partial charge < -0.3 is 4.90 Å². The highest BCUT2D eigenvalue weighted by atomic mass is 32.2. The van der Waals surface area contributed by atoms with Gasteiger partial charge in [0.05, 0.1) is 5.69 Å². The maximum atomic E-state index is 12.2. The molecule has 1 N–H and O–H groups in total. The van der Waals surface area contributed by atoms with E-state index in [1.807, 2.05) is 18.7 Å². The van der Waals surface area contributed by atoms with Crippen LogP contribution in [0.1, 0.15) is 13.8 Å². The van der Waals surface area contributed by atoms with Gasteiger partial charge in [-0.2, -0.15) is 21.6 Å². The second kappa shape index (κ2) is 5.68. The largest absolute Gasteiger partial charge is 0.516 e. The molecule has 0 unspecified atom stereocenters. The molecule has 8 heteroatoms. The Bertz CT molecular complexity index is 525. The number of anilines is 2. The van der Waals surface area contributed by atoms with Crippen molar-refractivity contribution in [3.63, 3.8) is 0 Å². The van der Waals surface area contributed by atoms with Crippen LogP contribution in [0.3, 0.4) is 0 Å². The van der Waals surface area contributed by atoms with E-state index in [1.165, 1.54) is 22.9 Å². The Morgan fingerprint density at radius 2 is 1.79 bits per heavy atom. The first-order chi connectivity index (χ1) is 8.71. The average molecular weight is 296 g/mol. The molecule has 0 aliphatic carbocycles. The first kappa shape index (κ1) is 15.6. The summed E-state index contributed by atoms with van der Waals surface area (Å²) in [6.45, 7) is 5.14. The number of nitrogens with zero attached hydrogens (tertiary/aromatic N) is 1. The predicted molar refractivity (Wildman–Crippen MR) is 68.6 cm³/mol. The van der Waals surface area contributed by atoms with E-state index in [9.17, 15) is 21.6 Å². The van der Waals surface area contributed by atoms with E-state index in [-0.39, 0.29) is 5.69 Å². The molecule has 0 aliphatic rings. The Kier molecular flexibility index (Phi) is 4.67. The minimum absolute atomic E-state index is 0.110. The van der Waals surface area contributed by atoms with Crippen LogP contribution in [0.2, 0.25) is 0 Å². The number of nitrogens with one attached hydrogen (secondary N) is 1. The molecule has 0 aliphatic heterocycles. The fourth-order valence-corrected chi connectivity index (χ4v) is 2.12. The van der Waals surface area contributed by atoms with Gasteiger partial charge in [-0.3, -0.25) is 4.72 Å². The number of hydrogen-bond donors (Lipinski definition) is 1. The average Bonchev–Trinajstić information content (AvgIpc) is 2.29. The standard InChI is InChI=1S/C11H15F3N2O2S/c1-3-16(4-2)10-7-5-6-9(8-10)15-19(17,18)11(12,13)14/h5-8,15H,3-4H2,1-2H3. The molecule has 19 heavy (non-hydrogen) atoms. The zero-order valence-corrected chi connectivity index (χ0v) is 11.3. The second-order valence-corrected chi connectivity index (χ2v) is 5.45. The summed E-state index contributed by atoms with van der Waals surface area (Å²) in [6.07, 6.45) is 0. The Morgan fingerprint density at radius 3 is 2.26 bits per heavy atom. The third-order valence-electron chi connectivity index (χ3n) is 2.53. The molecular weight excluding hydrogens is 281 g/mol. The molecule has 0 spiro atoms. The molecule has 1 rings (SSSR count). The summed E-state index contributed by atoms with van der Waals surface area (Å²) >= 11 is 0. The molecule has 4 nitrogen and oxygen atoms in total. The van der Waals surface area contributed by atoms with Crippen LogP contribution >= 0.6 is 0 Å². The smallest absolute Gasteiger partial charge is 0.372 e. The van der Waals surface area contributed by atoms with E-state index in [1.54, 1.807) is 6.07 Å². The predicted octanol–water partition coefficient (Wildman–Crippen LogP) is 2.79. The topological polar surface area (TPSA) is 49.4 Å². The van der Waals surface area contributed by atoms with Crippen molar-refractivity contribution in [2.24, 2.45) is 0 Å². The number of alkyl halides is 3. The monoisotopic (exact) mass is 296 g/mol. The summed E-state index contributed by atoms with van der Waals surface area (Å²) in [6, 6.07) is 5.85. The van der Waals surface area contributed by atoms with Gasteiger partial charge in [0, 0.05) is 18.8 Å². The first-order valence-electron chi connectivity index (χ1n) is 5.65. The lowest BCUT2D eigenvalue weighted by Crippen LogP contribution is -2.30. The van der Waals surface area contributed by atoms with E-state index >= 15 is 0 Å². The van der Waals surface area contributed by atoms with E-state index in [0.717, 1.165) is 0 Å². The molecule has 1 aromatic carbocycles. The van der Waals surface area contributed by atoms with Crippen molar-refractivity contribution in [3.8, 4) is 0 Å². The van der Waals surface area contributed by atoms with E-state index in [0.29, 0.717) is 18.8 Å². The SMILES string of the molecule is CCN(CC)c1cccc(NS(=O)(=O)C(F)(F)F)c1. The normalized spacial score (nSPS) is 12.3. The minimum atomic E-state index is -5.38. The van der Waals surface area contributed by atoms with Crippen molar-refractivity contribution in [3.05, 3.63) is 24.3 Å². The highest BCUT2D eigenvalue weighted by Crippen LogP contribution is 2.27. The van der Waals surface area contributed by atoms with Crippen LogP contribution in [0.25, 0.3) is 0 Å². The van der Waals surface area contributed by atoms with Crippen LogP contribution < -0.4 is 9.62 Å². The van der Waals surface area contributed by atoms with Crippen molar-refractivity contribution in [1.29, 1.82) is 0 Å². The number of hydrogen-bond acceptors (Lipinski definition) is 3. The van der Waals surface area contributed by atoms with Crippen LogP contribution in [0.4, 0.5) is 24.5 Å². The maximum Gasteiger partial charge on any atom is 0.516 e. The third-order valence-corrected chi connectivity index (χ3v) is 3.65. The minimum Gasteiger partial charge on any atom is -0.372 e. The number of sulfonamides is 1. The van der Waals surface area contributed by atoms with Gasteiger partial charge in [0.15, 0.2) is 0 Å². The Hall–Kier alpha value is -1.44. The summed E-state index contributed by atoms with van der Waals surface area (Å²) in [5.41, 5.74) is -4.77. The first-order valence-corrected chi connectivity index (χ1v) is 7.13. The van der Waals surface area contributed by atoms with Crippen molar-refractivity contribution >= 4 is 21.4 Å². The zero-order valence-electron chi connectivity index (χ0n) is 10.5. The summed E-state index contributed by atoms with van der Waals surface area (Å²) in [4.78, 5) is 1.89. The van der Waals surface area contributed by atoms with Gasteiger partial charge in [0.2, 0.25) is 0 Å². The Morgan fingerprint density at radius 1 is 1.21 bits per heavy atom. The summed E-state index contributed by atoms with van der Waals surface area (Å²) in [7, 11) is -5.38. The zero-order chi connectivity index (χ0) is 14.7. The number of rotatable bonds is 5. The van der Waals surface area contributed by atoms with Crippen molar-refractivity contribution in [2.45, 2.75) is 19.4 Å². The van der Waals surface area contributed by atoms with Gasteiger partial charge in [-0.25, -0.2) is 0 Å². The van der Waals surface area contributed by atoms with Crippen LogP contribution in [0, 0.1) is 0 Å². The molecule has 0 amide bonds. The van der Waals surface area contributed by atoms with E-state index in [4.69, 9.17) is 0 Å². The number of benzene rings is 1. The Labute approximate surface area is 110 Å². The fraction of sp³-hybridized carbons (Fsp3) is 0.455. The van der Waals surface area contributed by atoms with Crippen molar-refractivity contribution in [2.75, 3.05) is 22.7 Å². The molecule has 0 saturated carbocycles. The summed E-state index contributed by atoms with van der Waals surface area (Å²) < 4.78 is 60.3. The van der Waals surface area contributed by atoms with Crippen LogP contribution in [0.5, 0.6) is 0 Å². The van der Waals surface area contributed by atoms with Gasteiger partial charge in [-0.05, 0) is 32.0 Å². The molecule has 0 aromatic heterocycles. The molecule has 108 valence electrons. The number of halogens is 3. The second-order valence-electron chi connectivity index (χ2n) is 3.77. The molecule has 0 heterocycles. The van der Waals surface area contributed by atoms with Gasteiger partial charge in [-0.15, -0.1) is 0 Å². The summed E-state index contributed by atoms with van der Waals surface area (Å²) in [5, 5.41) is 0. The fourth-order valence-electron chi connectivity index (χ4n) is 1.57. The lowest BCUT2D eigenvalue weighted by molar-refractivity contribution is -0.0429. The molecule has 0 saturated heterocycles. The van der Waals surface area contributed by atoms with Crippen LogP contribution in [-0.2, 0) is 10.0 Å². The highest BCUT2D eigenvalue weighted by molar-refractivity contribution is 7.93. The lowest BCUT2D eigenvalue weighted by Gasteiger charge is -2.21. The van der Waals surface area contributed by atoms with Crippen molar-refractivity contribution in [1.82, 2.24) is 0 Å². The Balaban J connectivity index is 3.02. The molecule has 0 atom stereocenters. The van der Waals surface area contributed by atoms with E-state index < -0.39 is 15.5 Å². The lowest BCUT2D eigenvalue weighted by atomic mass is 10.2. The summed E-state index contributed by atoms with van der Waals surface area (Å²) in [5.74, 6) is 0. The quantitative estimate of drug-likeness (QED) is 0.909. The molecule has 0 bridgehead atoms. The molecule has 0 fully saturated rings. The van der Waals surface area contributed by atoms with Crippen LogP contribution in [-0.4, -0.2) is 27.0 Å².